The molecule has 168 valence electrons. The SMILES string of the molecule is COc1cccc(NC(=O)N2CCN(C(=O)CN)[C@H](C(=O)N[C@@H]3CCCNC3=O)C2)c1. The second-order valence-corrected chi connectivity index (χ2v) is 7.41. The van der Waals surface area contributed by atoms with Crippen LogP contribution in [0.3, 0.4) is 0 Å². The molecule has 2 aliphatic heterocycles. The Balaban J connectivity index is 1.70. The summed E-state index contributed by atoms with van der Waals surface area (Å²) in [4.78, 5) is 52.8. The Morgan fingerprint density at radius 2 is 2.10 bits per heavy atom. The Morgan fingerprint density at radius 3 is 2.81 bits per heavy atom. The van der Waals surface area contributed by atoms with E-state index in [0.29, 0.717) is 24.4 Å². The Kier molecular flexibility index (Phi) is 7.29. The smallest absolute Gasteiger partial charge is 0.321 e. The fourth-order valence-electron chi connectivity index (χ4n) is 3.69. The summed E-state index contributed by atoms with van der Waals surface area (Å²) in [5.41, 5.74) is 6.05. The number of carbonyl (C=O) groups excluding carboxylic acids is 4. The molecule has 1 aromatic rings. The van der Waals surface area contributed by atoms with E-state index in [4.69, 9.17) is 10.5 Å². The number of carbonyl (C=O) groups is 4. The maximum Gasteiger partial charge on any atom is 0.321 e. The second kappa shape index (κ2) is 10.1. The Morgan fingerprint density at radius 1 is 1.29 bits per heavy atom. The number of rotatable bonds is 5. The number of piperazine rings is 1. The van der Waals surface area contributed by atoms with Gasteiger partial charge in [0.1, 0.15) is 17.8 Å². The number of urea groups is 1. The normalized spacial score (nSPS) is 21.2. The van der Waals surface area contributed by atoms with Crippen molar-refractivity contribution in [3.8, 4) is 5.75 Å². The lowest BCUT2D eigenvalue weighted by Gasteiger charge is -2.40. The zero-order chi connectivity index (χ0) is 22.4. The van der Waals surface area contributed by atoms with Gasteiger partial charge >= 0.3 is 6.03 Å². The van der Waals surface area contributed by atoms with Crippen molar-refractivity contribution in [2.45, 2.75) is 24.9 Å². The Bertz CT molecular complexity index is 847. The van der Waals surface area contributed by atoms with E-state index >= 15 is 0 Å². The van der Waals surface area contributed by atoms with Crippen LogP contribution in [-0.2, 0) is 14.4 Å². The number of nitrogens with zero attached hydrogens (tertiary/aromatic N) is 2. The number of amides is 5. The number of methoxy groups -OCH3 is 1. The average Bonchev–Trinajstić information content (AvgIpc) is 2.79. The van der Waals surface area contributed by atoms with Crippen molar-refractivity contribution in [3.63, 3.8) is 0 Å². The van der Waals surface area contributed by atoms with Gasteiger partial charge in [-0.05, 0) is 25.0 Å². The predicted octanol–water partition coefficient (Wildman–Crippen LogP) is -0.907. The van der Waals surface area contributed by atoms with Gasteiger partial charge in [0.15, 0.2) is 0 Å². The molecular formula is C20H28N6O5. The lowest BCUT2D eigenvalue weighted by molar-refractivity contribution is -0.143. The molecule has 0 aliphatic carbocycles. The van der Waals surface area contributed by atoms with Crippen LogP contribution >= 0.6 is 0 Å². The van der Waals surface area contributed by atoms with Crippen LogP contribution in [0.5, 0.6) is 5.75 Å². The second-order valence-electron chi connectivity index (χ2n) is 7.41. The van der Waals surface area contributed by atoms with Gasteiger partial charge in [-0.2, -0.15) is 0 Å². The molecule has 0 saturated carbocycles. The molecule has 5 N–H and O–H groups in total. The number of ether oxygens (including phenoxy) is 1. The number of hydrogen-bond acceptors (Lipinski definition) is 6. The van der Waals surface area contributed by atoms with Crippen LogP contribution in [0.2, 0.25) is 0 Å². The van der Waals surface area contributed by atoms with E-state index in [1.165, 1.54) is 16.9 Å². The number of nitrogens with one attached hydrogen (secondary N) is 3. The van der Waals surface area contributed by atoms with Crippen molar-refractivity contribution in [1.29, 1.82) is 0 Å². The van der Waals surface area contributed by atoms with Crippen molar-refractivity contribution in [3.05, 3.63) is 24.3 Å². The quantitative estimate of drug-likeness (QED) is 0.474. The van der Waals surface area contributed by atoms with Gasteiger partial charge in [-0.15, -0.1) is 0 Å². The van der Waals surface area contributed by atoms with Crippen LogP contribution < -0.4 is 26.4 Å². The Labute approximate surface area is 180 Å². The lowest BCUT2D eigenvalue weighted by atomic mass is 10.1. The van der Waals surface area contributed by atoms with Crippen molar-refractivity contribution < 1.29 is 23.9 Å². The highest BCUT2D eigenvalue weighted by Crippen LogP contribution is 2.18. The third-order valence-electron chi connectivity index (χ3n) is 5.39. The monoisotopic (exact) mass is 432 g/mol. The molecule has 0 bridgehead atoms. The number of hydrogen-bond donors (Lipinski definition) is 4. The van der Waals surface area contributed by atoms with Gasteiger partial charge in [0, 0.05) is 31.4 Å². The molecule has 31 heavy (non-hydrogen) atoms. The molecule has 5 amide bonds. The maximum atomic E-state index is 13.0. The van der Waals surface area contributed by atoms with Crippen LogP contribution in [-0.4, -0.2) is 85.5 Å². The van der Waals surface area contributed by atoms with Crippen LogP contribution in [0.25, 0.3) is 0 Å². The van der Waals surface area contributed by atoms with Gasteiger partial charge in [-0.25, -0.2) is 4.79 Å². The van der Waals surface area contributed by atoms with Crippen LogP contribution in [0, 0.1) is 0 Å². The minimum atomic E-state index is -0.935. The number of benzene rings is 1. The summed E-state index contributed by atoms with van der Waals surface area (Å²) in [6.45, 7) is 0.724. The topological polar surface area (TPSA) is 146 Å². The van der Waals surface area contributed by atoms with Crippen LogP contribution in [0.4, 0.5) is 10.5 Å². The summed E-state index contributed by atoms with van der Waals surface area (Å²) < 4.78 is 5.16. The minimum absolute atomic E-state index is 0.0122. The highest BCUT2D eigenvalue weighted by atomic mass is 16.5. The molecule has 2 fully saturated rings. The average molecular weight is 432 g/mol. The summed E-state index contributed by atoms with van der Waals surface area (Å²) in [6.07, 6.45) is 1.27. The molecule has 1 aromatic carbocycles. The predicted molar refractivity (Wildman–Crippen MR) is 112 cm³/mol. The van der Waals surface area contributed by atoms with E-state index in [0.717, 1.165) is 6.42 Å². The van der Waals surface area contributed by atoms with Gasteiger partial charge in [-0.1, -0.05) is 6.07 Å². The Hall–Kier alpha value is -3.34. The standard InChI is InChI=1S/C20H28N6O5/c1-31-14-5-2-4-13(10-14)23-20(30)25-8-9-26(17(27)11-21)16(12-25)19(29)24-15-6-3-7-22-18(15)28/h2,4-5,10,15-16H,3,6-9,11-12,21H2,1H3,(H,22,28)(H,23,30)(H,24,29)/t15-,16+/m1/s1. The molecule has 3 rings (SSSR count). The first-order chi connectivity index (χ1) is 14.9. The molecule has 2 aliphatic rings. The summed E-state index contributed by atoms with van der Waals surface area (Å²) in [7, 11) is 1.53. The highest BCUT2D eigenvalue weighted by Gasteiger charge is 2.38. The number of anilines is 1. The van der Waals surface area contributed by atoms with E-state index in [9.17, 15) is 19.2 Å². The van der Waals surface area contributed by atoms with Crippen LogP contribution in [0.1, 0.15) is 12.8 Å². The van der Waals surface area contributed by atoms with Crippen LogP contribution in [0.15, 0.2) is 24.3 Å². The molecule has 11 heteroatoms. The number of nitrogens with two attached hydrogens (primary N) is 1. The molecule has 0 unspecified atom stereocenters. The molecular weight excluding hydrogens is 404 g/mol. The fraction of sp³-hybridized carbons (Fsp3) is 0.500. The van der Waals surface area contributed by atoms with Gasteiger partial charge < -0.3 is 36.2 Å². The van der Waals surface area contributed by atoms with Gasteiger partial charge in [-0.3, -0.25) is 14.4 Å². The van der Waals surface area contributed by atoms with E-state index in [2.05, 4.69) is 16.0 Å². The van der Waals surface area contributed by atoms with Crippen molar-refractivity contribution in [2.24, 2.45) is 5.73 Å². The zero-order valence-corrected chi connectivity index (χ0v) is 17.4. The molecule has 0 aromatic heterocycles. The summed E-state index contributed by atoms with van der Waals surface area (Å²) >= 11 is 0. The summed E-state index contributed by atoms with van der Waals surface area (Å²) in [6, 6.07) is 4.92. The van der Waals surface area contributed by atoms with E-state index in [-0.39, 0.29) is 38.0 Å². The first-order valence-electron chi connectivity index (χ1n) is 10.2. The molecule has 0 spiro atoms. The van der Waals surface area contributed by atoms with E-state index in [1.807, 2.05) is 0 Å². The van der Waals surface area contributed by atoms with E-state index < -0.39 is 24.0 Å². The minimum Gasteiger partial charge on any atom is -0.497 e. The molecule has 11 nitrogen and oxygen atoms in total. The van der Waals surface area contributed by atoms with E-state index in [1.54, 1.807) is 24.3 Å². The molecule has 2 atom stereocenters. The molecule has 0 radical (unpaired) electrons. The van der Waals surface area contributed by atoms with Gasteiger partial charge in [0.05, 0.1) is 20.2 Å². The van der Waals surface area contributed by atoms with Gasteiger partial charge in [0.25, 0.3) is 0 Å². The number of piperidine rings is 1. The zero-order valence-electron chi connectivity index (χ0n) is 17.4. The third-order valence-corrected chi connectivity index (χ3v) is 5.39. The summed E-state index contributed by atoms with van der Waals surface area (Å²) in [5, 5.41) is 8.20. The molecule has 2 heterocycles. The van der Waals surface area contributed by atoms with Crippen molar-refractivity contribution in [2.75, 3.05) is 45.2 Å². The third kappa shape index (κ3) is 5.43. The summed E-state index contributed by atoms with van der Waals surface area (Å²) in [5.74, 6) is -0.525. The first kappa shape index (κ1) is 22.3. The van der Waals surface area contributed by atoms with Gasteiger partial charge in [0.2, 0.25) is 17.7 Å². The fourth-order valence-corrected chi connectivity index (χ4v) is 3.69. The van der Waals surface area contributed by atoms with Crippen molar-refractivity contribution >= 4 is 29.4 Å². The highest BCUT2D eigenvalue weighted by molar-refractivity contribution is 5.94. The largest absolute Gasteiger partial charge is 0.497 e. The molecule has 2 saturated heterocycles. The van der Waals surface area contributed by atoms with Crippen molar-refractivity contribution in [1.82, 2.24) is 20.4 Å². The maximum absolute atomic E-state index is 13.0. The first-order valence-corrected chi connectivity index (χ1v) is 10.2. The lowest BCUT2D eigenvalue weighted by Crippen LogP contribution is -2.64.